The van der Waals surface area contributed by atoms with E-state index in [2.05, 4.69) is 65.7 Å². The first-order chi connectivity index (χ1) is 17.6. The minimum atomic E-state index is -0.109. The molecule has 2 aliphatic heterocycles. The van der Waals surface area contributed by atoms with Gasteiger partial charge in [-0.1, -0.05) is 66.2 Å². The van der Waals surface area contributed by atoms with E-state index in [0.29, 0.717) is 24.5 Å². The van der Waals surface area contributed by atoms with Crippen molar-refractivity contribution in [1.82, 2.24) is 9.80 Å². The van der Waals surface area contributed by atoms with Gasteiger partial charge in [-0.15, -0.1) is 0 Å². The van der Waals surface area contributed by atoms with Gasteiger partial charge < -0.3 is 20.1 Å². The van der Waals surface area contributed by atoms with Gasteiger partial charge in [0.2, 0.25) is 0 Å². The molecule has 2 amide bonds. The number of aryl methyl sites for hydroxylation is 1. The fraction of sp³-hybridized carbons (Fsp3) is 0.367. The predicted octanol–water partition coefficient (Wildman–Crippen LogP) is 5.13. The fourth-order valence-corrected chi connectivity index (χ4v) is 5.79. The molecular weight excluding hydrogens is 450 g/mol. The summed E-state index contributed by atoms with van der Waals surface area (Å²) in [6.07, 6.45) is 1.95. The lowest BCUT2D eigenvalue weighted by Crippen LogP contribution is -2.68. The van der Waals surface area contributed by atoms with E-state index in [1.807, 2.05) is 29.2 Å². The topological polar surface area (TPSA) is 65.0 Å². The molecular formula is C30H35N3O3. The number of aliphatic hydroxyl groups excluding tert-OH is 1. The molecule has 0 aromatic heterocycles. The van der Waals surface area contributed by atoms with Gasteiger partial charge >= 0.3 is 6.03 Å². The van der Waals surface area contributed by atoms with E-state index in [-0.39, 0.29) is 30.6 Å². The van der Waals surface area contributed by atoms with E-state index in [1.165, 1.54) is 22.3 Å². The first kappa shape index (κ1) is 24.3. The van der Waals surface area contributed by atoms with Crippen LogP contribution in [0.25, 0.3) is 11.1 Å². The van der Waals surface area contributed by atoms with Crippen molar-refractivity contribution in [3.8, 4) is 16.9 Å². The normalized spacial score (nSPS) is 22.1. The molecule has 5 rings (SSSR count). The molecule has 3 aromatic rings. The highest BCUT2D eigenvalue weighted by molar-refractivity contribution is 5.91. The number of carbonyl (C=O) groups excluding carboxylic acids is 1. The van der Waals surface area contributed by atoms with Crippen LogP contribution in [0.2, 0.25) is 0 Å². The van der Waals surface area contributed by atoms with Gasteiger partial charge in [0.05, 0.1) is 19.4 Å². The number of ether oxygens (including phenoxy) is 1. The van der Waals surface area contributed by atoms with Crippen LogP contribution in [0.5, 0.6) is 5.75 Å². The molecule has 0 saturated carbocycles. The SMILES string of the molecule is COc1ccccc1NC(=O)N1CCCCN2[C@H](CO)[C@@H](c3ccc(-c4cccc(C)c4)cc3)[C@@H]2C1. The Labute approximate surface area is 213 Å². The molecule has 0 spiro atoms. The number of anilines is 1. The van der Waals surface area contributed by atoms with Crippen LogP contribution < -0.4 is 10.1 Å². The highest BCUT2D eigenvalue weighted by Gasteiger charge is 2.49. The Morgan fingerprint density at radius 3 is 2.53 bits per heavy atom. The average molecular weight is 486 g/mol. The molecule has 3 atom stereocenters. The molecule has 2 saturated heterocycles. The van der Waals surface area contributed by atoms with Crippen LogP contribution >= 0.6 is 0 Å². The molecule has 2 heterocycles. The zero-order chi connectivity index (χ0) is 25.1. The van der Waals surface area contributed by atoms with Gasteiger partial charge in [-0.2, -0.15) is 0 Å². The quantitative estimate of drug-likeness (QED) is 0.526. The Hall–Kier alpha value is -3.35. The Morgan fingerprint density at radius 2 is 1.78 bits per heavy atom. The highest BCUT2D eigenvalue weighted by Crippen LogP contribution is 2.42. The van der Waals surface area contributed by atoms with E-state index in [0.717, 1.165) is 19.4 Å². The number of carbonyl (C=O) groups is 1. The molecule has 6 heteroatoms. The summed E-state index contributed by atoms with van der Waals surface area (Å²) in [7, 11) is 1.61. The van der Waals surface area contributed by atoms with Crippen molar-refractivity contribution < 1.29 is 14.6 Å². The summed E-state index contributed by atoms with van der Waals surface area (Å²) < 4.78 is 5.41. The van der Waals surface area contributed by atoms with Crippen molar-refractivity contribution in [2.75, 3.05) is 38.7 Å². The zero-order valence-electron chi connectivity index (χ0n) is 21.1. The number of para-hydroxylation sites is 2. The minimum Gasteiger partial charge on any atom is -0.495 e. The van der Waals surface area contributed by atoms with Crippen molar-refractivity contribution >= 4 is 11.7 Å². The van der Waals surface area contributed by atoms with Crippen LogP contribution in [-0.4, -0.2) is 66.4 Å². The van der Waals surface area contributed by atoms with E-state index in [4.69, 9.17) is 4.74 Å². The number of fused-ring (bicyclic) bond motifs is 1. The number of hydrogen-bond acceptors (Lipinski definition) is 4. The minimum absolute atomic E-state index is 0.0806. The van der Waals surface area contributed by atoms with Crippen molar-refractivity contribution in [3.63, 3.8) is 0 Å². The largest absolute Gasteiger partial charge is 0.495 e. The Balaban J connectivity index is 1.35. The van der Waals surface area contributed by atoms with Crippen LogP contribution in [0.4, 0.5) is 10.5 Å². The first-order valence-electron chi connectivity index (χ1n) is 12.8. The summed E-state index contributed by atoms with van der Waals surface area (Å²) in [5.41, 5.74) is 5.54. The van der Waals surface area contributed by atoms with E-state index in [1.54, 1.807) is 7.11 Å². The number of benzene rings is 3. The molecule has 2 fully saturated rings. The highest BCUT2D eigenvalue weighted by atomic mass is 16.5. The number of nitrogens with zero attached hydrogens (tertiary/aromatic N) is 2. The molecule has 2 aliphatic rings. The van der Waals surface area contributed by atoms with Gasteiger partial charge in [-0.3, -0.25) is 4.90 Å². The summed E-state index contributed by atoms with van der Waals surface area (Å²) in [5, 5.41) is 13.3. The molecule has 0 aliphatic carbocycles. The molecule has 0 radical (unpaired) electrons. The summed E-state index contributed by atoms with van der Waals surface area (Å²) in [4.78, 5) is 17.6. The molecule has 0 bridgehead atoms. The van der Waals surface area contributed by atoms with E-state index >= 15 is 0 Å². The number of rotatable bonds is 5. The Bertz CT molecular complexity index is 1200. The molecule has 36 heavy (non-hydrogen) atoms. The lowest BCUT2D eigenvalue weighted by molar-refractivity contribution is -0.0585. The number of amides is 2. The second-order valence-corrected chi connectivity index (χ2v) is 9.86. The van der Waals surface area contributed by atoms with Gasteiger partial charge in [-0.25, -0.2) is 4.79 Å². The summed E-state index contributed by atoms with van der Waals surface area (Å²) in [5.74, 6) is 0.830. The van der Waals surface area contributed by atoms with E-state index in [9.17, 15) is 9.90 Å². The number of methoxy groups -OCH3 is 1. The van der Waals surface area contributed by atoms with Crippen LogP contribution in [0.3, 0.4) is 0 Å². The summed E-state index contributed by atoms with van der Waals surface area (Å²) in [6.45, 7) is 4.52. The standard InChI is InChI=1S/C30H35N3O3/c1-21-8-7-9-24(18-21)22-12-14-23(15-13-22)29-26-19-32(16-5-6-17-33(26)27(29)20-34)30(35)31-25-10-3-4-11-28(25)36-2/h3-4,7-15,18,26-27,29,34H,5-6,16-17,19-20H2,1-2H3,(H,31,35)/t26-,27+,29-/m0/s1. The second kappa shape index (κ2) is 10.7. The van der Waals surface area contributed by atoms with Gasteiger partial charge in [0.25, 0.3) is 0 Å². The van der Waals surface area contributed by atoms with Gasteiger partial charge in [0, 0.05) is 31.1 Å². The zero-order valence-corrected chi connectivity index (χ0v) is 21.1. The molecule has 2 N–H and O–H groups in total. The maximum Gasteiger partial charge on any atom is 0.322 e. The van der Waals surface area contributed by atoms with Gasteiger partial charge in [-0.05, 0) is 55.1 Å². The fourth-order valence-electron chi connectivity index (χ4n) is 5.79. The number of aliphatic hydroxyl groups is 1. The van der Waals surface area contributed by atoms with Gasteiger partial charge in [0.15, 0.2) is 0 Å². The maximum atomic E-state index is 13.3. The predicted molar refractivity (Wildman–Crippen MR) is 144 cm³/mol. The van der Waals surface area contributed by atoms with Crippen molar-refractivity contribution in [2.45, 2.75) is 37.8 Å². The summed E-state index contributed by atoms with van der Waals surface area (Å²) in [6, 6.07) is 24.9. The number of nitrogens with one attached hydrogen (secondary N) is 1. The van der Waals surface area contributed by atoms with Crippen LogP contribution in [0, 0.1) is 6.92 Å². The van der Waals surface area contributed by atoms with Crippen molar-refractivity contribution in [3.05, 3.63) is 83.9 Å². The van der Waals surface area contributed by atoms with Gasteiger partial charge in [0.1, 0.15) is 5.75 Å². The van der Waals surface area contributed by atoms with Crippen molar-refractivity contribution in [2.24, 2.45) is 0 Å². The second-order valence-electron chi connectivity index (χ2n) is 9.86. The lowest BCUT2D eigenvalue weighted by atomic mass is 9.74. The monoisotopic (exact) mass is 485 g/mol. The number of hydrogen-bond donors (Lipinski definition) is 2. The summed E-state index contributed by atoms with van der Waals surface area (Å²) >= 11 is 0. The van der Waals surface area contributed by atoms with Crippen LogP contribution in [-0.2, 0) is 0 Å². The Morgan fingerprint density at radius 1 is 1.00 bits per heavy atom. The smallest absolute Gasteiger partial charge is 0.322 e. The lowest BCUT2D eigenvalue weighted by Gasteiger charge is -2.57. The maximum absolute atomic E-state index is 13.3. The third-order valence-electron chi connectivity index (χ3n) is 7.65. The first-order valence-corrected chi connectivity index (χ1v) is 12.8. The van der Waals surface area contributed by atoms with Crippen LogP contribution in [0.1, 0.15) is 29.9 Å². The average Bonchev–Trinajstić information content (AvgIpc) is 2.88. The molecule has 0 unspecified atom stereocenters. The number of urea groups is 1. The molecule has 6 nitrogen and oxygen atoms in total. The van der Waals surface area contributed by atoms with Crippen molar-refractivity contribution in [1.29, 1.82) is 0 Å². The third-order valence-corrected chi connectivity index (χ3v) is 7.65. The molecule has 3 aromatic carbocycles. The molecule has 188 valence electrons. The Kier molecular flexibility index (Phi) is 7.25. The van der Waals surface area contributed by atoms with Crippen LogP contribution in [0.15, 0.2) is 72.8 Å². The third kappa shape index (κ3) is 4.84. The van der Waals surface area contributed by atoms with E-state index < -0.39 is 0 Å².